The molecule has 0 atom stereocenters. The molecule has 0 spiro atoms. The Morgan fingerprint density at radius 2 is 2.22 bits per heavy atom. The maximum atomic E-state index is 12.3. The average Bonchev–Trinajstić information content (AvgIpc) is 2.95. The van der Waals surface area contributed by atoms with E-state index in [9.17, 15) is 9.59 Å². The van der Waals surface area contributed by atoms with Crippen LogP contribution in [0.1, 0.15) is 30.1 Å². The Bertz CT molecular complexity index is 724. The fourth-order valence-corrected chi connectivity index (χ4v) is 3.66. The number of carboxylic acids is 1. The predicted octanol–water partition coefficient (Wildman–Crippen LogP) is 1.96. The van der Waals surface area contributed by atoms with E-state index in [0.29, 0.717) is 12.1 Å². The third kappa shape index (κ3) is 3.51. The zero-order chi connectivity index (χ0) is 16.4. The summed E-state index contributed by atoms with van der Waals surface area (Å²) in [6.07, 6.45) is 1.60. The molecule has 1 heterocycles. The molecule has 0 saturated heterocycles. The minimum Gasteiger partial charge on any atom is -0.480 e. The summed E-state index contributed by atoms with van der Waals surface area (Å²) in [5.41, 5.74) is 3.32. The zero-order valence-electron chi connectivity index (χ0n) is 12.9. The van der Waals surface area contributed by atoms with Crippen molar-refractivity contribution in [2.75, 3.05) is 13.1 Å². The number of carboxylic acid groups (broad SMARTS) is 1. The number of carbonyl (C=O) groups is 2. The molecule has 0 aliphatic heterocycles. The molecule has 7 heteroatoms. The van der Waals surface area contributed by atoms with Crippen LogP contribution in [0, 0.1) is 0 Å². The normalized spacial score (nSPS) is 20.4. The molecule has 122 valence electrons. The van der Waals surface area contributed by atoms with Crippen LogP contribution in [0.25, 0.3) is 10.2 Å². The van der Waals surface area contributed by atoms with Crippen molar-refractivity contribution in [1.29, 1.82) is 0 Å². The predicted molar refractivity (Wildman–Crippen MR) is 88.8 cm³/mol. The lowest BCUT2D eigenvalue weighted by Gasteiger charge is -2.42. The van der Waals surface area contributed by atoms with Gasteiger partial charge in [0, 0.05) is 17.6 Å². The highest BCUT2D eigenvalue weighted by Crippen LogP contribution is 2.26. The quantitative estimate of drug-likeness (QED) is 0.844. The van der Waals surface area contributed by atoms with Crippen LogP contribution >= 0.6 is 11.3 Å². The van der Waals surface area contributed by atoms with E-state index in [2.05, 4.69) is 10.3 Å². The molecule has 0 bridgehead atoms. The fourth-order valence-electron chi connectivity index (χ4n) is 2.94. The first-order valence-electron chi connectivity index (χ1n) is 7.66. The van der Waals surface area contributed by atoms with Gasteiger partial charge in [-0.3, -0.25) is 14.5 Å². The standard InChI is InChI=1S/C16H19N3O3S/c1-2-19(8-15(20)21)12-6-11(7-12)18-16(22)10-3-4-13-14(5-10)23-9-17-13/h3-5,9,11-12H,2,6-8H2,1H3,(H,18,22)(H,20,21). The number of hydrogen-bond donors (Lipinski definition) is 2. The highest BCUT2D eigenvalue weighted by atomic mass is 32.1. The van der Waals surface area contributed by atoms with Gasteiger partial charge in [0.1, 0.15) is 0 Å². The van der Waals surface area contributed by atoms with Crippen LogP contribution in [0.15, 0.2) is 23.7 Å². The number of nitrogens with zero attached hydrogens (tertiary/aromatic N) is 2. The van der Waals surface area contributed by atoms with E-state index < -0.39 is 5.97 Å². The molecule has 1 aliphatic rings. The second-order valence-electron chi connectivity index (χ2n) is 5.79. The molecule has 3 rings (SSSR count). The Labute approximate surface area is 138 Å². The van der Waals surface area contributed by atoms with E-state index in [1.54, 1.807) is 11.6 Å². The largest absolute Gasteiger partial charge is 0.480 e. The lowest BCUT2D eigenvalue weighted by Crippen LogP contribution is -2.54. The van der Waals surface area contributed by atoms with E-state index in [-0.39, 0.29) is 24.5 Å². The molecular weight excluding hydrogens is 314 g/mol. The number of rotatable bonds is 6. The summed E-state index contributed by atoms with van der Waals surface area (Å²) in [6, 6.07) is 5.87. The topological polar surface area (TPSA) is 82.5 Å². The van der Waals surface area contributed by atoms with Crippen molar-refractivity contribution in [3.8, 4) is 0 Å². The lowest BCUT2D eigenvalue weighted by atomic mass is 9.85. The van der Waals surface area contributed by atoms with Gasteiger partial charge < -0.3 is 10.4 Å². The number of thiazole rings is 1. The van der Waals surface area contributed by atoms with Gasteiger partial charge in [-0.1, -0.05) is 6.92 Å². The number of benzene rings is 1. The first kappa shape index (κ1) is 15.9. The first-order chi connectivity index (χ1) is 11.1. The van der Waals surface area contributed by atoms with Crippen LogP contribution in [0.3, 0.4) is 0 Å². The highest BCUT2D eigenvalue weighted by Gasteiger charge is 2.34. The Kier molecular flexibility index (Phi) is 4.58. The van der Waals surface area contributed by atoms with E-state index in [1.165, 1.54) is 11.3 Å². The number of amides is 1. The van der Waals surface area contributed by atoms with Crippen molar-refractivity contribution in [2.45, 2.75) is 31.8 Å². The van der Waals surface area contributed by atoms with Gasteiger partial charge in [0.05, 0.1) is 22.3 Å². The van der Waals surface area contributed by atoms with Gasteiger partial charge in [0.25, 0.3) is 5.91 Å². The molecule has 6 nitrogen and oxygen atoms in total. The number of carbonyl (C=O) groups excluding carboxylic acids is 1. The summed E-state index contributed by atoms with van der Waals surface area (Å²) in [5.74, 6) is -0.887. The van der Waals surface area contributed by atoms with Gasteiger partial charge in [0.2, 0.25) is 0 Å². The summed E-state index contributed by atoms with van der Waals surface area (Å²) in [6.45, 7) is 2.72. The summed E-state index contributed by atoms with van der Waals surface area (Å²) >= 11 is 1.52. The number of hydrogen-bond acceptors (Lipinski definition) is 5. The van der Waals surface area contributed by atoms with E-state index in [1.807, 2.05) is 24.0 Å². The Hall–Kier alpha value is -1.99. The number of nitrogens with one attached hydrogen (secondary N) is 1. The summed E-state index contributed by atoms with van der Waals surface area (Å²) < 4.78 is 1.00. The van der Waals surface area contributed by atoms with Crippen LogP contribution in [0.5, 0.6) is 0 Å². The highest BCUT2D eigenvalue weighted by molar-refractivity contribution is 7.16. The summed E-state index contributed by atoms with van der Waals surface area (Å²) in [7, 11) is 0. The maximum Gasteiger partial charge on any atom is 0.317 e. The second kappa shape index (κ2) is 6.64. The Morgan fingerprint density at radius 3 is 2.91 bits per heavy atom. The fraction of sp³-hybridized carbons (Fsp3) is 0.438. The Balaban J connectivity index is 1.54. The number of aliphatic carboxylic acids is 1. The average molecular weight is 333 g/mol. The summed E-state index contributed by atoms with van der Waals surface area (Å²) in [5, 5.41) is 11.9. The molecule has 2 N–H and O–H groups in total. The van der Waals surface area contributed by atoms with Crippen molar-refractivity contribution in [2.24, 2.45) is 0 Å². The molecule has 1 saturated carbocycles. The maximum absolute atomic E-state index is 12.3. The van der Waals surface area contributed by atoms with Crippen molar-refractivity contribution in [1.82, 2.24) is 15.2 Å². The lowest BCUT2D eigenvalue weighted by molar-refractivity contribution is -0.139. The van der Waals surface area contributed by atoms with E-state index in [0.717, 1.165) is 23.1 Å². The molecule has 2 aromatic rings. The molecule has 1 aliphatic carbocycles. The minimum absolute atomic E-state index is 0.0594. The molecule has 23 heavy (non-hydrogen) atoms. The van der Waals surface area contributed by atoms with Crippen molar-refractivity contribution in [3.05, 3.63) is 29.3 Å². The number of likely N-dealkylation sites (N-methyl/N-ethyl adjacent to an activating group) is 1. The molecule has 1 fully saturated rings. The van der Waals surface area contributed by atoms with Gasteiger partial charge in [-0.25, -0.2) is 4.98 Å². The van der Waals surface area contributed by atoms with E-state index in [4.69, 9.17) is 5.11 Å². The van der Waals surface area contributed by atoms with Crippen LogP contribution in [-0.4, -0.2) is 52.0 Å². The zero-order valence-corrected chi connectivity index (χ0v) is 13.7. The van der Waals surface area contributed by atoms with Gasteiger partial charge in [-0.2, -0.15) is 0 Å². The van der Waals surface area contributed by atoms with Crippen LogP contribution in [-0.2, 0) is 4.79 Å². The SMILES string of the molecule is CCN(CC(=O)O)C1CC(NC(=O)c2ccc3ncsc3c2)C1. The van der Waals surface area contributed by atoms with Crippen LogP contribution in [0.2, 0.25) is 0 Å². The molecule has 0 radical (unpaired) electrons. The summed E-state index contributed by atoms with van der Waals surface area (Å²) in [4.78, 5) is 29.3. The first-order valence-corrected chi connectivity index (χ1v) is 8.54. The monoisotopic (exact) mass is 333 g/mol. The third-order valence-electron chi connectivity index (χ3n) is 4.30. The van der Waals surface area contributed by atoms with Crippen LogP contribution in [0.4, 0.5) is 0 Å². The van der Waals surface area contributed by atoms with Crippen molar-refractivity contribution in [3.63, 3.8) is 0 Å². The van der Waals surface area contributed by atoms with Gasteiger partial charge in [0.15, 0.2) is 0 Å². The molecule has 0 unspecified atom stereocenters. The van der Waals surface area contributed by atoms with Gasteiger partial charge in [-0.05, 0) is 37.6 Å². The smallest absolute Gasteiger partial charge is 0.317 e. The number of aromatic nitrogens is 1. The molecule has 1 amide bonds. The molecule has 1 aromatic carbocycles. The Morgan fingerprint density at radius 1 is 1.43 bits per heavy atom. The van der Waals surface area contributed by atoms with E-state index >= 15 is 0 Å². The third-order valence-corrected chi connectivity index (χ3v) is 5.09. The second-order valence-corrected chi connectivity index (χ2v) is 6.67. The van der Waals surface area contributed by atoms with Gasteiger partial charge in [-0.15, -0.1) is 11.3 Å². The number of fused-ring (bicyclic) bond motifs is 1. The van der Waals surface area contributed by atoms with Crippen molar-refractivity contribution < 1.29 is 14.7 Å². The van der Waals surface area contributed by atoms with Crippen molar-refractivity contribution >= 4 is 33.4 Å². The molecular formula is C16H19N3O3S. The minimum atomic E-state index is -0.808. The van der Waals surface area contributed by atoms with Crippen LogP contribution < -0.4 is 5.32 Å². The van der Waals surface area contributed by atoms with Gasteiger partial charge >= 0.3 is 5.97 Å². The molecule has 1 aromatic heterocycles.